The number of carbonyl (C=O) groups excluding carboxylic acids is 1. The second kappa shape index (κ2) is 4.08. The molecule has 0 bridgehead atoms. The molecule has 1 N–H and O–H groups in total. The summed E-state index contributed by atoms with van der Waals surface area (Å²) in [6.45, 7) is 0. The maximum absolute atomic E-state index is 11.7. The van der Waals surface area contributed by atoms with E-state index in [0.29, 0.717) is 17.0 Å². The van der Waals surface area contributed by atoms with Gasteiger partial charge in [0.25, 0.3) is 0 Å². The number of benzene rings is 1. The van der Waals surface area contributed by atoms with Crippen LogP contribution in [0.2, 0.25) is 0 Å². The SMILES string of the molecule is COc1ccc2c(c1)C(C(=O)O)CC(=O)N2C. The van der Waals surface area contributed by atoms with Crippen molar-refractivity contribution in [3.63, 3.8) is 0 Å². The third kappa shape index (κ3) is 1.84. The zero-order valence-corrected chi connectivity index (χ0v) is 9.64. The molecule has 1 unspecified atom stereocenters. The van der Waals surface area contributed by atoms with Crippen molar-refractivity contribution in [1.82, 2.24) is 0 Å². The fourth-order valence-electron chi connectivity index (χ4n) is 2.02. The Morgan fingerprint density at radius 3 is 2.82 bits per heavy atom. The first-order valence-electron chi connectivity index (χ1n) is 5.22. The monoisotopic (exact) mass is 235 g/mol. The predicted molar refractivity (Wildman–Crippen MR) is 61.4 cm³/mol. The zero-order valence-electron chi connectivity index (χ0n) is 9.64. The van der Waals surface area contributed by atoms with Gasteiger partial charge in [0.1, 0.15) is 5.75 Å². The second-order valence-electron chi connectivity index (χ2n) is 3.97. The maximum Gasteiger partial charge on any atom is 0.311 e. The first-order chi connectivity index (χ1) is 8.04. The van der Waals surface area contributed by atoms with Gasteiger partial charge >= 0.3 is 5.97 Å². The molecule has 5 heteroatoms. The van der Waals surface area contributed by atoms with Crippen LogP contribution in [0.25, 0.3) is 0 Å². The topological polar surface area (TPSA) is 66.8 Å². The molecule has 0 aromatic heterocycles. The number of carboxylic acids is 1. The molecule has 90 valence electrons. The minimum absolute atomic E-state index is 0.00794. The van der Waals surface area contributed by atoms with Gasteiger partial charge in [-0.05, 0) is 23.8 Å². The average molecular weight is 235 g/mol. The second-order valence-corrected chi connectivity index (χ2v) is 3.97. The first-order valence-corrected chi connectivity index (χ1v) is 5.22. The van der Waals surface area contributed by atoms with E-state index in [1.165, 1.54) is 12.0 Å². The number of methoxy groups -OCH3 is 1. The molecule has 1 heterocycles. The Morgan fingerprint density at radius 2 is 2.24 bits per heavy atom. The summed E-state index contributed by atoms with van der Waals surface area (Å²) in [5.74, 6) is -1.36. The number of aliphatic carboxylic acids is 1. The van der Waals surface area contributed by atoms with Gasteiger partial charge in [-0.3, -0.25) is 9.59 Å². The number of carboxylic acid groups (broad SMARTS) is 1. The van der Waals surface area contributed by atoms with Crippen molar-refractivity contribution in [1.29, 1.82) is 0 Å². The molecule has 1 atom stereocenters. The van der Waals surface area contributed by atoms with Crippen LogP contribution >= 0.6 is 0 Å². The molecule has 0 aliphatic carbocycles. The van der Waals surface area contributed by atoms with Gasteiger partial charge in [-0.15, -0.1) is 0 Å². The van der Waals surface area contributed by atoms with Crippen LogP contribution in [-0.2, 0) is 9.59 Å². The summed E-state index contributed by atoms with van der Waals surface area (Å²) >= 11 is 0. The van der Waals surface area contributed by atoms with Gasteiger partial charge in [0, 0.05) is 19.2 Å². The number of rotatable bonds is 2. The van der Waals surface area contributed by atoms with Crippen LogP contribution in [0.15, 0.2) is 18.2 Å². The van der Waals surface area contributed by atoms with Gasteiger partial charge in [0.2, 0.25) is 5.91 Å². The van der Waals surface area contributed by atoms with E-state index >= 15 is 0 Å². The van der Waals surface area contributed by atoms with Crippen LogP contribution in [0.5, 0.6) is 5.75 Å². The van der Waals surface area contributed by atoms with Crippen molar-refractivity contribution in [3.8, 4) is 5.75 Å². The lowest BCUT2D eigenvalue weighted by molar-refractivity contribution is -0.140. The Kier molecular flexibility index (Phi) is 2.75. The number of amides is 1. The van der Waals surface area contributed by atoms with E-state index in [9.17, 15) is 9.59 Å². The van der Waals surface area contributed by atoms with E-state index in [-0.39, 0.29) is 12.3 Å². The van der Waals surface area contributed by atoms with Gasteiger partial charge in [0.05, 0.1) is 13.0 Å². The van der Waals surface area contributed by atoms with Crippen LogP contribution in [-0.4, -0.2) is 31.1 Å². The Labute approximate surface area is 98.6 Å². The van der Waals surface area contributed by atoms with Crippen molar-refractivity contribution < 1.29 is 19.4 Å². The minimum atomic E-state index is -0.985. The number of fused-ring (bicyclic) bond motifs is 1. The summed E-state index contributed by atoms with van der Waals surface area (Å²) in [5, 5.41) is 9.14. The molecule has 0 radical (unpaired) electrons. The van der Waals surface area contributed by atoms with Crippen molar-refractivity contribution in [2.75, 3.05) is 19.1 Å². The molecule has 1 amide bonds. The number of hydrogen-bond acceptors (Lipinski definition) is 3. The number of ether oxygens (including phenoxy) is 1. The number of nitrogens with zero attached hydrogens (tertiary/aromatic N) is 1. The van der Waals surface area contributed by atoms with E-state index in [4.69, 9.17) is 9.84 Å². The highest BCUT2D eigenvalue weighted by Crippen LogP contribution is 2.37. The van der Waals surface area contributed by atoms with Crippen LogP contribution < -0.4 is 9.64 Å². The third-order valence-electron chi connectivity index (χ3n) is 3.02. The van der Waals surface area contributed by atoms with Gasteiger partial charge in [0.15, 0.2) is 0 Å². The summed E-state index contributed by atoms with van der Waals surface area (Å²) in [5.41, 5.74) is 1.26. The van der Waals surface area contributed by atoms with E-state index in [2.05, 4.69) is 0 Å². The molecule has 0 saturated carbocycles. The van der Waals surface area contributed by atoms with Gasteiger partial charge in [-0.25, -0.2) is 0 Å². The van der Waals surface area contributed by atoms with Crippen molar-refractivity contribution in [3.05, 3.63) is 23.8 Å². The van der Waals surface area contributed by atoms with Crippen LogP contribution in [0.3, 0.4) is 0 Å². The molecule has 1 aliphatic heterocycles. The summed E-state index contributed by atoms with van der Waals surface area (Å²) in [6, 6.07) is 5.10. The van der Waals surface area contributed by atoms with Crippen molar-refractivity contribution in [2.24, 2.45) is 0 Å². The highest BCUT2D eigenvalue weighted by atomic mass is 16.5. The van der Waals surface area contributed by atoms with Crippen molar-refractivity contribution >= 4 is 17.6 Å². The van der Waals surface area contributed by atoms with E-state index in [1.54, 1.807) is 25.2 Å². The summed E-state index contributed by atoms with van der Waals surface area (Å²) in [7, 11) is 3.17. The first kappa shape index (κ1) is 11.4. The molecule has 2 rings (SSSR count). The molecule has 1 aromatic rings. The van der Waals surface area contributed by atoms with Crippen LogP contribution in [0.1, 0.15) is 17.9 Å². The van der Waals surface area contributed by atoms with Crippen LogP contribution in [0.4, 0.5) is 5.69 Å². The Morgan fingerprint density at radius 1 is 1.53 bits per heavy atom. The zero-order chi connectivity index (χ0) is 12.6. The molecule has 5 nitrogen and oxygen atoms in total. The molecule has 1 aliphatic rings. The quantitative estimate of drug-likeness (QED) is 0.837. The Bertz CT molecular complexity index is 483. The maximum atomic E-state index is 11.7. The fourth-order valence-corrected chi connectivity index (χ4v) is 2.02. The summed E-state index contributed by atoms with van der Waals surface area (Å²) in [6.07, 6.45) is -0.00794. The van der Waals surface area contributed by atoms with E-state index in [1.807, 2.05) is 0 Å². The van der Waals surface area contributed by atoms with Crippen molar-refractivity contribution in [2.45, 2.75) is 12.3 Å². The van der Waals surface area contributed by atoms with Gasteiger partial charge in [-0.1, -0.05) is 0 Å². The lowest BCUT2D eigenvalue weighted by atomic mass is 9.89. The number of anilines is 1. The van der Waals surface area contributed by atoms with Gasteiger partial charge in [-0.2, -0.15) is 0 Å². The summed E-state index contributed by atoms with van der Waals surface area (Å²) < 4.78 is 5.07. The Balaban J connectivity index is 2.56. The molecule has 1 aromatic carbocycles. The predicted octanol–water partition coefficient (Wildman–Crippen LogP) is 1.23. The Hall–Kier alpha value is -2.04. The van der Waals surface area contributed by atoms with Crippen LogP contribution in [0, 0.1) is 0 Å². The number of hydrogen-bond donors (Lipinski definition) is 1. The van der Waals surface area contributed by atoms with Gasteiger partial charge < -0.3 is 14.7 Å². The lowest BCUT2D eigenvalue weighted by Gasteiger charge is -2.29. The standard InChI is InChI=1S/C12H13NO4/c1-13-10-4-3-7(17-2)5-8(10)9(12(15)16)6-11(13)14/h3-5,9H,6H2,1-2H3,(H,15,16). The van der Waals surface area contributed by atoms with E-state index in [0.717, 1.165) is 0 Å². The molecule has 0 spiro atoms. The molecular weight excluding hydrogens is 222 g/mol. The minimum Gasteiger partial charge on any atom is -0.497 e. The normalized spacial score (nSPS) is 18.8. The highest BCUT2D eigenvalue weighted by Gasteiger charge is 2.33. The molecule has 17 heavy (non-hydrogen) atoms. The third-order valence-corrected chi connectivity index (χ3v) is 3.02. The molecular formula is C12H13NO4. The lowest BCUT2D eigenvalue weighted by Crippen LogP contribution is -2.35. The van der Waals surface area contributed by atoms with E-state index < -0.39 is 11.9 Å². The highest BCUT2D eigenvalue weighted by molar-refractivity contribution is 6.01. The fraction of sp³-hybridized carbons (Fsp3) is 0.333. The molecule has 0 saturated heterocycles. The molecule has 0 fully saturated rings. The number of carbonyl (C=O) groups is 2. The average Bonchev–Trinajstić information content (AvgIpc) is 2.32. The largest absolute Gasteiger partial charge is 0.497 e. The summed E-state index contributed by atoms with van der Waals surface area (Å²) in [4.78, 5) is 24.3. The smallest absolute Gasteiger partial charge is 0.311 e.